The fourth-order valence-corrected chi connectivity index (χ4v) is 4.05. The first-order valence-electron chi connectivity index (χ1n) is 8.69. The van der Waals surface area contributed by atoms with Crippen molar-refractivity contribution in [3.05, 3.63) is 71.1 Å². The molecule has 1 N–H and O–H groups in total. The second kappa shape index (κ2) is 8.15. The van der Waals surface area contributed by atoms with Crippen molar-refractivity contribution in [1.82, 2.24) is 4.90 Å². The molecule has 1 atom stereocenters. The van der Waals surface area contributed by atoms with Gasteiger partial charge in [0.05, 0.1) is 12.5 Å². The molecule has 27 heavy (non-hydrogen) atoms. The molecule has 0 fully saturated rings. The molecule has 1 unspecified atom stereocenters. The number of rotatable bonds is 8. The number of carbonyl (C=O) groups is 1. The zero-order chi connectivity index (χ0) is 19.4. The topological polar surface area (TPSA) is 40.5 Å². The van der Waals surface area contributed by atoms with Crippen LogP contribution < -0.4 is 0 Å². The van der Waals surface area contributed by atoms with Crippen molar-refractivity contribution >= 4 is 27.4 Å². The largest absolute Gasteiger partial charge is 0.480 e. The molecule has 3 nitrogen and oxygen atoms in total. The van der Waals surface area contributed by atoms with Crippen molar-refractivity contribution in [2.45, 2.75) is 18.3 Å². The number of carboxylic acid groups (broad SMARTS) is 1. The summed E-state index contributed by atoms with van der Waals surface area (Å²) in [6.45, 7) is 0.0933. The lowest BCUT2D eigenvalue weighted by atomic mass is 9.85. The van der Waals surface area contributed by atoms with Crippen LogP contribution in [0.4, 0.5) is 8.78 Å². The Kier molecular flexibility index (Phi) is 5.87. The number of alkyl halides is 2. The molecule has 0 saturated carbocycles. The van der Waals surface area contributed by atoms with Gasteiger partial charge in [0.15, 0.2) is 0 Å². The second-order valence-corrected chi connectivity index (χ2v) is 7.63. The number of hydrogen-bond donors (Lipinski definition) is 1. The summed E-state index contributed by atoms with van der Waals surface area (Å²) < 4.78 is 32.0. The van der Waals surface area contributed by atoms with Crippen molar-refractivity contribution in [2.75, 3.05) is 20.1 Å². The minimum absolute atomic E-state index is 0.0110. The summed E-state index contributed by atoms with van der Waals surface area (Å²) >= 11 is 1.52. The Morgan fingerprint density at radius 2 is 1.93 bits per heavy atom. The SMILES string of the molecule is CN(CCC(c1ccccc1)C(F)(F)c1ccc2sccc2c1)CC(=O)O. The molecule has 0 saturated heterocycles. The summed E-state index contributed by atoms with van der Waals surface area (Å²) in [5.41, 5.74) is 0.541. The number of halogens is 2. The molecule has 0 bridgehead atoms. The van der Waals surface area contributed by atoms with Crippen molar-refractivity contribution in [1.29, 1.82) is 0 Å². The van der Waals surface area contributed by atoms with Gasteiger partial charge in [-0.25, -0.2) is 8.78 Å². The zero-order valence-corrected chi connectivity index (χ0v) is 15.8. The maximum atomic E-state index is 15.5. The van der Waals surface area contributed by atoms with Crippen LogP contribution >= 0.6 is 11.3 Å². The Morgan fingerprint density at radius 3 is 2.63 bits per heavy atom. The lowest BCUT2D eigenvalue weighted by molar-refractivity contribution is -0.138. The number of carboxylic acids is 1. The Balaban J connectivity index is 1.91. The zero-order valence-electron chi connectivity index (χ0n) is 14.9. The van der Waals surface area contributed by atoms with E-state index in [2.05, 4.69) is 0 Å². The number of benzene rings is 2. The standard InChI is InChI=1S/C21H21F2NO2S/c1-24(14-20(25)26)11-9-18(15-5-3-2-4-6-15)21(22,23)17-7-8-19-16(13-17)10-12-27-19/h2-8,10,12-13,18H,9,11,14H2,1H3,(H,25,26). The highest BCUT2D eigenvalue weighted by Gasteiger charge is 2.42. The molecule has 3 aromatic rings. The van der Waals surface area contributed by atoms with Gasteiger partial charge in [-0.1, -0.05) is 36.4 Å². The maximum Gasteiger partial charge on any atom is 0.317 e. The molecular weight excluding hydrogens is 368 g/mol. The predicted octanol–water partition coefficient (Wildman–Crippen LogP) is 5.18. The van der Waals surface area contributed by atoms with E-state index >= 15 is 8.78 Å². The van der Waals surface area contributed by atoms with E-state index in [9.17, 15) is 4.79 Å². The number of likely N-dealkylation sites (N-methyl/N-ethyl adjacent to an activating group) is 1. The van der Waals surface area contributed by atoms with Crippen molar-refractivity contribution in [3.8, 4) is 0 Å². The smallest absolute Gasteiger partial charge is 0.317 e. The highest BCUT2D eigenvalue weighted by molar-refractivity contribution is 7.17. The monoisotopic (exact) mass is 389 g/mol. The van der Waals surface area contributed by atoms with Gasteiger partial charge in [0.1, 0.15) is 0 Å². The Morgan fingerprint density at radius 1 is 1.19 bits per heavy atom. The van der Waals surface area contributed by atoms with Gasteiger partial charge in [-0.2, -0.15) is 0 Å². The van der Waals surface area contributed by atoms with Gasteiger partial charge in [-0.05, 0) is 54.5 Å². The van der Waals surface area contributed by atoms with Crippen LogP contribution in [-0.4, -0.2) is 36.1 Å². The van der Waals surface area contributed by atoms with Crippen molar-refractivity contribution < 1.29 is 18.7 Å². The van der Waals surface area contributed by atoms with E-state index in [0.717, 1.165) is 10.1 Å². The van der Waals surface area contributed by atoms with E-state index in [4.69, 9.17) is 5.11 Å². The Bertz CT molecular complexity index is 911. The third-order valence-electron chi connectivity index (χ3n) is 4.68. The van der Waals surface area contributed by atoms with Gasteiger partial charge in [0, 0.05) is 10.3 Å². The summed E-state index contributed by atoms with van der Waals surface area (Å²) in [6.07, 6.45) is 0.155. The number of nitrogens with zero attached hydrogens (tertiary/aromatic N) is 1. The summed E-state index contributed by atoms with van der Waals surface area (Å²) in [4.78, 5) is 12.4. The van der Waals surface area contributed by atoms with Crippen LogP contribution in [0, 0.1) is 0 Å². The van der Waals surface area contributed by atoms with Gasteiger partial charge < -0.3 is 5.11 Å². The molecule has 0 aliphatic carbocycles. The lowest BCUT2D eigenvalue weighted by Gasteiger charge is -2.29. The number of thiophene rings is 1. The Labute approximate surface area is 160 Å². The van der Waals surface area contributed by atoms with E-state index in [1.54, 1.807) is 54.4 Å². The van der Waals surface area contributed by atoms with Crippen LogP contribution in [-0.2, 0) is 10.7 Å². The summed E-state index contributed by atoms with van der Waals surface area (Å²) in [7, 11) is 1.63. The van der Waals surface area contributed by atoms with Crippen LogP contribution in [0.15, 0.2) is 60.0 Å². The molecule has 0 radical (unpaired) electrons. The van der Waals surface area contributed by atoms with Crippen LogP contribution in [0.3, 0.4) is 0 Å². The molecule has 3 rings (SSSR count). The fraction of sp³-hybridized carbons (Fsp3) is 0.286. The molecule has 1 aromatic heterocycles. The molecule has 6 heteroatoms. The first kappa shape index (κ1) is 19.5. The summed E-state index contributed by atoms with van der Waals surface area (Å²) in [5.74, 6) is -5.07. The number of aliphatic carboxylic acids is 1. The van der Waals surface area contributed by atoms with E-state index in [-0.39, 0.29) is 25.1 Å². The van der Waals surface area contributed by atoms with Gasteiger partial charge in [-0.15, -0.1) is 11.3 Å². The molecule has 142 valence electrons. The molecule has 2 aromatic carbocycles. The van der Waals surface area contributed by atoms with E-state index in [0.29, 0.717) is 5.56 Å². The summed E-state index contributed by atoms with van der Waals surface area (Å²) in [6, 6.07) is 15.4. The fourth-order valence-electron chi connectivity index (χ4n) is 3.28. The van der Waals surface area contributed by atoms with Crippen LogP contribution in [0.1, 0.15) is 23.5 Å². The molecule has 0 aliphatic heterocycles. The minimum atomic E-state index is -3.07. The van der Waals surface area contributed by atoms with Gasteiger partial charge in [-0.3, -0.25) is 9.69 Å². The van der Waals surface area contributed by atoms with E-state index in [1.807, 2.05) is 11.4 Å². The third-order valence-corrected chi connectivity index (χ3v) is 5.58. The third kappa shape index (κ3) is 4.51. The molecule has 0 aliphatic rings. The van der Waals surface area contributed by atoms with E-state index in [1.165, 1.54) is 17.4 Å². The van der Waals surface area contributed by atoms with Crippen LogP contribution in [0.25, 0.3) is 10.1 Å². The highest BCUT2D eigenvalue weighted by Crippen LogP contribution is 2.45. The second-order valence-electron chi connectivity index (χ2n) is 6.68. The lowest BCUT2D eigenvalue weighted by Crippen LogP contribution is -2.31. The van der Waals surface area contributed by atoms with Crippen molar-refractivity contribution in [3.63, 3.8) is 0 Å². The maximum absolute atomic E-state index is 15.5. The first-order chi connectivity index (χ1) is 12.9. The van der Waals surface area contributed by atoms with Gasteiger partial charge >= 0.3 is 5.97 Å². The quantitative estimate of drug-likeness (QED) is 0.577. The normalized spacial score (nSPS) is 13.2. The predicted molar refractivity (Wildman–Crippen MR) is 105 cm³/mol. The minimum Gasteiger partial charge on any atom is -0.480 e. The molecule has 1 heterocycles. The first-order valence-corrected chi connectivity index (χ1v) is 9.56. The number of fused-ring (bicyclic) bond motifs is 1. The average Bonchev–Trinajstić information content (AvgIpc) is 3.09. The van der Waals surface area contributed by atoms with Crippen LogP contribution in [0.5, 0.6) is 0 Å². The highest BCUT2D eigenvalue weighted by atomic mass is 32.1. The Hall–Kier alpha value is -2.31. The molecule has 0 spiro atoms. The van der Waals surface area contributed by atoms with Gasteiger partial charge in [0.2, 0.25) is 0 Å². The molecule has 0 amide bonds. The molecular formula is C21H21F2NO2S. The van der Waals surface area contributed by atoms with E-state index < -0.39 is 17.8 Å². The summed E-state index contributed by atoms with van der Waals surface area (Å²) in [5, 5.41) is 11.6. The van der Waals surface area contributed by atoms with Crippen molar-refractivity contribution in [2.24, 2.45) is 0 Å². The number of hydrogen-bond acceptors (Lipinski definition) is 3. The average molecular weight is 389 g/mol. The van der Waals surface area contributed by atoms with Gasteiger partial charge in [0.25, 0.3) is 5.92 Å². The van der Waals surface area contributed by atoms with Crippen LogP contribution in [0.2, 0.25) is 0 Å².